The molecule has 3 aliphatic carbocycles. The third-order valence-corrected chi connectivity index (χ3v) is 10.9. The predicted molar refractivity (Wildman–Crippen MR) is 190 cm³/mol. The standard InChI is InChI=1S/C43H50O4/c1-29(44)27-46-41-23-21-33(25-37(41)31-13-5-3-6-14-31)43(39-19-11-9-17-35(39)36-18-10-12-20-40(36)43)34-22-24-42(47-28-30(2)45)38(26-34)32-15-7-4-8-16-32/h9-12,17-26,29-32,44-45H,3-8,13-16,27-28H2,1-2H3. The molecule has 2 atom stereocenters. The summed E-state index contributed by atoms with van der Waals surface area (Å²) in [5, 5.41) is 20.3. The van der Waals surface area contributed by atoms with Gasteiger partial charge in [0.05, 0.1) is 17.6 Å². The number of fused-ring (bicyclic) bond motifs is 3. The van der Waals surface area contributed by atoms with Gasteiger partial charge in [-0.3, -0.25) is 0 Å². The fourth-order valence-corrected chi connectivity index (χ4v) is 8.74. The summed E-state index contributed by atoms with van der Waals surface area (Å²) in [6.07, 6.45) is 11.1. The molecule has 7 rings (SSSR count). The van der Waals surface area contributed by atoms with Crippen molar-refractivity contribution >= 4 is 0 Å². The molecule has 2 saturated carbocycles. The summed E-state index contributed by atoms with van der Waals surface area (Å²) < 4.78 is 12.6. The van der Waals surface area contributed by atoms with Gasteiger partial charge in [0.25, 0.3) is 0 Å². The van der Waals surface area contributed by atoms with Crippen LogP contribution < -0.4 is 9.47 Å². The Balaban J connectivity index is 1.47. The van der Waals surface area contributed by atoms with Crippen LogP contribution in [0.1, 0.15) is 123 Å². The minimum absolute atomic E-state index is 0.286. The monoisotopic (exact) mass is 630 g/mol. The lowest BCUT2D eigenvalue weighted by atomic mass is 9.66. The highest BCUT2D eigenvalue weighted by Gasteiger charge is 2.47. The van der Waals surface area contributed by atoms with Gasteiger partial charge >= 0.3 is 0 Å². The van der Waals surface area contributed by atoms with Gasteiger partial charge in [-0.25, -0.2) is 0 Å². The second-order valence-electron chi connectivity index (χ2n) is 14.3. The molecule has 4 aromatic rings. The second-order valence-corrected chi connectivity index (χ2v) is 14.3. The van der Waals surface area contributed by atoms with Gasteiger partial charge in [0.15, 0.2) is 0 Å². The maximum absolute atomic E-state index is 10.1. The molecular formula is C43H50O4. The topological polar surface area (TPSA) is 58.9 Å². The lowest BCUT2D eigenvalue weighted by Gasteiger charge is -2.36. The van der Waals surface area contributed by atoms with E-state index in [0.29, 0.717) is 11.8 Å². The normalized spacial score (nSPS) is 19.1. The van der Waals surface area contributed by atoms with Crippen molar-refractivity contribution in [3.05, 3.63) is 118 Å². The summed E-state index contributed by atoms with van der Waals surface area (Å²) >= 11 is 0. The molecule has 0 spiro atoms. The Bertz CT molecular complexity index is 1550. The molecule has 47 heavy (non-hydrogen) atoms. The zero-order valence-corrected chi connectivity index (χ0v) is 28.1. The summed E-state index contributed by atoms with van der Waals surface area (Å²) in [6, 6.07) is 31.7. The van der Waals surface area contributed by atoms with Crippen molar-refractivity contribution in [3.8, 4) is 22.6 Å². The molecule has 2 fully saturated rings. The predicted octanol–water partition coefficient (Wildman–Crippen LogP) is 9.66. The first-order valence-electron chi connectivity index (χ1n) is 18.1. The van der Waals surface area contributed by atoms with Gasteiger partial charge in [0, 0.05) is 0 Å². The quantitative estimate of drug-likeness (QED) is 0.161. The van der Waals surface area contributed by atoms with E-state index in [1.807, 2.05) is 0 Å². The van der Waals surface area contributed by atoms with E-state index >= 15 is 0 Å². The van der Waals surface area contributed by atoms with Crippen LogP contribution in [0.25, 0.3) is 11.1 Å². The minimum atomic E-state index is -0.526. The number of ether oxygens (including phenoxy) is 2. The van der Waals surface area contributed by atoms with Crippen molar-refractivity contribution in [1.29, 1.82) is 0 Å². The molecule has 246 valence electrons. The van der Waals surface area contributed by atoms with E-state index in [2.05, 4.69) is 84.9 Å². The molecule has 2 N–H and O–H groups in total. The number of aliphatic hydroxyl groups excluding tert-OH is 2. The van der Waals surface area contributed by atoms with Gasteiger partial charge in [-0.1, -0.05) is 111 Å². The van der Waals surface area contributed by atoms with Crippen LogP contribution in [0.3, 0.4) is 0 Å². The SMILES string of the molecule is CC(O)COc1ccc(C2(c3ccc(OCC(C)O)c(C4CCCCC4)c3)c3ccccc3-c3ccccc32)cc1C1CCCCC1. The van der Waals surface area contributed by atoms with Crippen molar-refractivity contribution in [3.63, 3.8) is 0 Å². The van der Waals surface area contributed by atoms with Gasteiger partial charge in [-0.15, -0.1) is 0 Å². The summed E-state index contributed by atoms with van der Waals surface area (Å²) in [7, 11) is 0. The fourth-order valence-electron chi connectivity index (χ4n) is 8.74. The molecule has 0 radical (unpaired) electrons. The lowest BCUT2D eigenvalue weighted by molar-refractivity contribution is 0.121. The van der Waals surface area contributed by atoms with Gasteiger partial charge in [-0.2, -0.15) is 0 Å². The Morgan fingerprint density at radius 2 is 0.979 bits per heavy atom. The molecular weight excluding hydrogens is 580 g/mol. The van der Waals surface area contributed by atoms with Crippen molar-refractivity contribution < 1.29 is 19.7 Å². The third kappa shape index (κ3) is 6.11. The summed E-state index contributed by atoms with van der Waals surface area (Å²) in [6.45, 7) is 4.14. The van der Waals surface area contributed by atoms with Crippen molar-refractivity contribution in [1.82, 2.24) is 0 Å². The smallest absolute Gasteiger partial charge is 0.122 e. The van der Waals surface area contributed by atoms with Crippen molar-refractivity contribution in [2.24, 2.45) is 0 Å². The zero-order valence-electron chi connectivity index (χ0n) is 28.1. The minimum Gasteiger partial charge on any atom is -0.491 e. The highest BCUT2D eigenvalue weighted by Crippen LogP contribution is 2.57. The third-order valence-electron chi connectivity index (χ3n) is 10.9. The molecule has 0 amide bonds. The number of rotatable bonds is 10. The number of benzene rings is 4. The lowest BCUT2D eigenvalue weighted by Crippen LogP contribution is -2.29. The van der Waals surface area contributed by atoms with Gasteiger partial charge < -0.3 is 19.7 Å². The Kier molecular flexibility index (Phi) is 9.43. The Morgan fingerprint density at radius 1 is 0.574 bits per heavy atom. The van der Waals surface area contributed by atoms with E-state index in [0.717, 1.165) is 37.2 Å². The summed E-state index contributed by atoms with van der Waals surface area (Å²) in [5.74, 6) is 2.68. The molecule has 4 nitrogen and oxygen atoms in total. The van der Waals surface area contributed by atoms with E-state index in [9.17, 15) is 10.2 Å². The van der Waals surface area contributed by atoms with Crippen LogP contribution >= 0.6 is 0 Å². The van der Waals surface area contributed by atoms with Gasteiger partial charge in [0.1, 0.15) is 24.7 Å². The van der Waals surface area contributed by atoms with E-state index < -0.39 is 17.6 Å². The van der Waals surface area contributed by atoms with Crippen LogP contribution in [0.2, 0.25) is 0 Å². The van der Waals surface area contributed by atoms with Crippen LogP contribution in [0.15, 0.2) is 84.9 Å². The zero-order chi connectivity index (χ0) is 32.4. The van der Waals surface area contributed by atoms with Crippen LogP contribution in [-0.4, -0.2) is 35.6 Å². The van der Waals surface area contributed by atoms with Crippen LogP contribution in [0.5, 0.6) is 11.5 Å². The molecule has 4 aromatic carbocycles. The van der Waals surface area contributed by atoms with E-state index in [-0.39, 0.29) is 13.2 Å². The fraction of sp³-hybridized carbons (Fsp3) is 0.442. The highest BCUT2D eigenvalue weighted by molar-refractivity contribution is 5.86. The van der Waals surface area contributed by atoms with Crippen LogP contribution in [0.4, 0.5) is 0 Å². The number of hydrogen-bond acceptors (Lipinski definition) is 4. The van der Waals surface area contributed by atoms with E-state index in [1.165, 1.54) is 83.0 Å². The second kappa shape index (κ2) is 13.9. The summed E-state index contributed by atoms with van der Waals surface area (Å²) in [4.78, 5) is 0. The first-order valence-corrected chi connectivity index (χ1v) is 18.1. The average molecular weight is 631 g/mol. The molecule has 0 aliphatic heterocycles. The average Bonchev–Trinajstić information content (AvgIpc) is 3.41. The molecule has 2 unspecified atom stereocenters. The molecule has 0 aromatic heterocycles. The molecule has 0 saturated heterocycles. The maximum Gasteiger partial charge on any atom is 0.122 e. The Morgan fingerprint density at radius 3 is 1.38 bits per heavy atom. The first-order chi connectivity index (χ1) is 23.0. The summed E-state index contributed by atoms with van der Waals surface area (Å²) in [5.41, 5.74) is 9.71. The number of aliphatic hydroxyl groups is 2. The first kappa shape index (κ1) is 32.0. The van der Waals surface area contributed by atoms with Crippen molar-refractivity contribution in [2.45, 2.75) is 108 Å². The van der Waals surface area contributed by atoms with E-state index in [4.69, 9.17) is 9.47 Å². The Hall–Kier alpha value is -3.60. The van der Waals surface area contributed by atoms with Gasteiger partial charge in [-0.05, 0) is 108 Å². The molecule has 0 bridgehead atoms. The van der Waals surface area contributed by atoms with E-state index in [1.54, 1.807) is 13.8 Å². The largest absolute Gasteiger partial charge is 0.491 e. The Labute approximate surface area is 280 Å². The molecule has 3 aliphatic rings. The highest BCUT2D eigenvalue weighted by atomic mass is 16.5. The molecule has 0 heterocycles. The van der Waals surface area contributed by atoms with Crippen molar-refractivity contribution in [2.75, 3.05) is 13.2 Å². The maximum atomic E-state index is 10.1. The number of hydrogen-bond donors (Lipinski definition) is 2. The van der Waals surface area contributed by atoms with Crippen LogP contribution in [0, 0.1) is 0 Å². The van der Waals surface area contributed by atoms with Gasteiger partial charge in [0.2, 0.25) is 0 Å². The van der Waals surface area contributed by atoms with Crippen LogP contribution in [-0.2, 0) is 5.41 Å². The molecule has 4 heteroatoms.